The Hall–Kier alpha value is -2.37. The molecule has 0 amide bonds. The van der Waals surface area contributed by atoms with Crippen LogP contribution in [0.4, 0.5) is 13.2 Å². The summed E-state index contributed by atoms with van der Waals surface area (Å²) in [6.07, 6.45) is -1.64. The molecule has 38 heavy (non-hydrogen) atoms. The van der Waals surface area contributed by atoms with E-state index in [2.05, 4.69) is 10.3 Å². The molecule has 1 aromatic heterocycles. The van der Waals surface area contributed by atoms with Crippen LogP contribution in [0.3, 0.4) is 0 Å². The molecule has 0 spiro atoms. The van der Waals surface area contributed by atoms with Crippen molar-refractivity contribution in [3.05, 3.63) is 53.4 Å². The van der Waals surface area contributed by atoms with Gasteiger partial charge in [0, 0.05) is 35.4 Å². The number of ketones is 1. The Morgan fingerprint density at radius 1 is 1.18 bits per heavy atom. The molecule has 6 rings (SSSR count). The lowest BCUT2D eigenvalue weighted by molar-refractivity contribution is -0.151. The summed E-state index contributed by atoms with van der Waals surface area (Å²) in [7, 11) is -3.87. The van der Waals surface area contributed by atoms with E-state index in [4.69, 9.17) is 16.0 Å². The first-order valence-electron chi connectivity index (χ1n) is 12.4. The van der Waals surface area contributed by atoms with Crippen molar-refractivity contribution in [3.8, 4) is 0 Å². The normalized spacial score (nSPS) is 27.9. The Labute approximate surface area is 224 Å². The quantitative estimate of drug-likeness (QED) is 0.407. The van der Waals surface area contributed by atoms with Crippen LogP contribution in [-0.2, 0) is 21.4 Å². The summed E-state index contributed by atoms with van der Waals surface area (Å²) in [6, 6.07) is 7.66. The van der Waals surface area contributed by atoms with E-state index in [0.717, 1.165) is 5.56 Å². The number of carbonyl (C=O) groups excluding carboxylic acids is 1. The maximum absolute atomic E-state index is 13.6. The van der Waals surface area contributed by atoms with E-state index in [1.807, 2.05) is 13.8 Å². The first-order valence-corrected chi connectivity index (χ1v) is 14.2. The predicted molar refractivity (Wildman–Crippen MR) is 135 cm³/mol. The van der Waals surface area contributed by atoms with Gasteiger partial charge < -0.3 is 9.73 Å². The molecule has 4 aliphatic rings. The topological polar surface area (TPSA) is 92.0 Å². The van der Waals surface area contributed by atoms with Gasteiger partial charge in [-0.1, -0.05) is 23.7 Å². The van der Waals surface area contributed by atoms with Gasteiger partial charge in [0.2, 0.25) is 10.0 Å². The minimum atomic E-state index is -4.30. The van der Waals surface area contributed by atoms with Crippen molar-refractivity contribution in [2.24, 2.45) is 10.4 Å². The van der Waals surface area contributed by atoms with Gasteiger partial charge in [0.15, 0.2) is 5.78 Å². The number of carbonyl (C=O) groups is 1. The number of furan rings is 1. The van der Waals surface area contributed by atoms with E-state index in [9.17, 15) is 26.4 Å². The van der Waals surface area contributed by atoms with Crippen molar-refractivity contribution in [1.29, 1.82) is 0 Å². The average Bonchev–Trinajstić information content (AvgIpc) is 3.40. The lowest BCUT2D eigenvalue weighted by Gasteiger charge is -2.72. The lowest BCUT2D eigenvalue weighted by Crippen LogP contribution is -2.78. The second kappa shape index (κ2) is 9.09. The monoisotopic (exact) mass is 571 g/mol. The summed E-state index contributed by atoms with van der Waals surface area (Å²) in [6.45, 7) is 3.78. The SMILES string of the molecule is CC1(C)NC(C23CC(N(Cc4ccc(Cl)cc4)S(=O)(=O)c4ccoc4)(C2)C3)=N[C@H]1C(=O)CCCC(F)(F)F. The fourth-order valence-electron chi connectivity index (χ4n) is 6.08. The average molecular weight is 572 g/mol. The van der Waals surface area contributed by atoms with Crippen LogP contribution in [0, 0.1) is 5.41 Å². The van der Waals surface area contributed by atoms with E-state index >= 15 is 0 Å². The van der Waals surface area contributed by atoms with Crippen LogP contribution in [0.25, 0.3) is 0 Å². The van der Waals surface area contributed by atoms with Crippen LogP contribution in [0.15, 0.2) is 57.2 Å². The van der Waals surface area contributed by atoms with Crippen LogP contribution < -0.4 is 5.32 Å². The van der Waals surface area contributed by atoms with Crippen molar-refractivity contribution in [2.45, 2.75) is 87.1 Å². The molecular weight excluding hydrogens is 543 g/mol. The minimum Gasteiger partial charge on any atom is -0.471 e. The molecule has 2 aromatic rings. The van der Waals surface area contributed by atoms with Gasteiger partial charge in [-0.3, -0.25) is 9.79 Å². The second-order valence-corrected chi connectivity index (χ2v) is 13.6. The number of benzene rings is 1. The largest absolute Gasteiger partial charge is 0.471 e. The van der Waals surface area contributed by atoms with Crippen molar-refractivity contribution < 1.29 is 30.8 Å². The highest BCUT2D eigenvalue weighted by Crippen LogP contribution is 2.71. The van der Waals surface area contributed by atoms with Crippen LogP contribution in [0.1, 0.15) is 57.9 Å². The summed E-state index contributed by atoms with van der Waals surface area (Å²) >= 11 is 6.01. The molecule has 0 unspecified atom stereocenters. The predicted octanol–water partition coefficient (Wildman–Crippen LogP) is 5.50. The highest BCUT2D eigenvalue weighted by molar-refractivity contribution is 7.89. The van der Waals surface area contributed by atoms with Crippen molar-refractivity contribution in [3.63, 3.8) is 0 Å². The van der Waals surface area contributed by atoms with Gasteiger partial charge in [0.1, 0.15) is 23.0 Å². The summed E-state index contributed by atoms with van der Waals surface area (Å²) in [4.78, 5) is 17.5. The number of sulfonamides is 1. The standard InChI is InChI=1S/C26H29ClF3N3O4S/c1-23(2)21(20(34)4-3-10-26(28,29)30)31-22(32-23)24-14-25(15-24,16-24)33(12-17-5-7-18(27)8-6-17)38(35,36)19-9-11-37-13-19/h5-9,11,13,21H,3-4,10,12,14-16H2,1-2H3,(H,31,32)/t21-,24?,25?/m0/s1. The first-order chi connectivity index (χ1) is 17.7. The van der Waals surface area contributed by atoms with Crippen LogP contribution in [0.2, 0.25) is 5.02 Å². The maximum atomic E-state index is 13.6. The Kier molecular flexibility index (Phi) is 6.51. The smallest absolute Gasteiger partial charge is 0.389 e. The van der Waals surface area contributed by atoms with E-state index < -0.39 is 39.7 Å². The van der Waals surface area contributed by atoms with Crippen molar-refractivity contribution in [1.82, 2.24) is 9.62 Å². The summed E-state index contributed by atoms with van der Waals surface area (Å²) < 4.78 is 71.5. The molecule has 0 radical (unpaired) electrons. The maximum Gasteiger partial charge on any atom is 0.389 e. The van der Waals surface area contributed by atoms with Crippen LogP contribution in [-0.4, -0.2) is 47.6 Å². The molecule has 1 aromatic carbocycles. The fraction of sp³-hybridized carbons (Fsp3) is 0.538. The van der Waals surface area contributed by atoms with E-state index in [0.29, 0.717) is 30.1 Å². The van der Waals surface area contributed by atoms with E-state index in [-0.39, 0.29) is 35.5 Å². The Morgan fingerprint density at radius 3 is 2.42 bits per heavy atom. The lowest BCUT2D eigenvalue weighted by atomic mass is 9.38. The number of rotatable bonds is 10. The van der Waals surface area contributed by atoms with Crippen molar-refractivity contribution >= 4 is 33.2 Å². The number of nitrogens with zero attached hydrogens (tertiary/aromatic N) is 2. The van der Waals surface area contributed by atoms with Crippen molar-refractivity contribution in [2.75, 3.05) is 0 Å². The van der Waals surface area contributed by atoms with Gasteiger partial charge in [-0.25, -0.2) is 8.42 Å². The van der Waals surface area contributed by atoms with Gasteiger partial charge in [-0.15, -0.1) is 0 Å². The van der Waals surface area contributed by atoms with Gasteiger partial charge in [-0.2, -0.15) is 17.5 Å². The minimum absolute atomic E-state index is 0.0761. The van der Waals surface area contributed by atoms with Crippen LogP contribution in [0.5, 0.6) is 0 Å². The molecule has 2 heterocycles. The zero-order valence-corrected chi connectivity index (χ0v) is 22.6. The third kappa shape index (κ3) is 4.77. The number of nitrogens with one attached hydrogen (secondary N) is 1. The van der Waals surface area contributed by atoms with Gasteiger partial charge in [-0.05, 0) is 63.3 Å². The zero-order chi connectivity index (χ0) is 27.6. The molecule has 0 saturated heterocycles. The number of amidine groups is 1. The number of alkyl halides is 3. The summed E-state index contributed by atoms with van der Waals surface area (Å²) in [5.41, 5.74) is -0.942. The first kappa shape index (κ1) is 27.2. The number of halogens is 4. The highest BCUT2D eigenvalue weighted by atomic mass is 35.5. The Balaban J connectivity index is 1.34. The molecule has 1 atom stereocenters. The fourth-order valence-corrected chi connectivity index (χ4v) is 7.89. The molecule has 3 saturated carbocycles. The Bertz CT molecular complexity index is 1340. The van der Waals surface area contributed by atoms with Crippen LogP contribution >= 0.6 is 11.6 Å². The number of aliphatic imine (C=N–C) groups is 1. The Morgan fingerprint density at radius 2 is 1.84 bits per heavy atom. The molecule has 3 aliphatic carbocycles. The summed E-state index contributed by atoms with van der Waals surface area (Å²) in [5, 5.41) is 3.89. The number of hydrogen-bond acceptors (Lipinski definition) is 6. The highest BCUT2D eigenvalue weighted by Gasteiger charge is 2.75. The van der Waals surface area contributed by atoms with E-state index in [1.54, 1.807) is 24.3 Å². The number of Topliss-reactive ketones (excluding diaryl/α,β-unsaturated/α-hetero) is 1. The molecule has 206 valence electrons. The van der Waals surface area contributed by atoms with Gasteiger partial charge in [0.05, 0.1) is 11.8 Å². The number of hydrogen-bond donors (Lipinski definition) is 1. The molecule has 7 nitrogen and oxygen atoms in total. The molecule has 3 fully saturated rings. The second-order valence-electron chi connectivity index (χ2n) is 11.3. The molecule has 1 N–H and O–H groups in total. The summed E-state index contributed by atoms with van der Waals surface area (Å²) in [5.74, 6) is 0.320. The third-order valence-electron chi connectivity index (χ3n) is 7.93. The van der Waals surface area contributed by atoms with Gasteiger partial charge >= 0.3 is 6.18 Å². The zero-order valence-electron chi connectivity index (χ0n) is 21.0. The molecular formula is C26H29ClF3N3O4S. The molecule has 12 heteroatoms. The molecule has 2 bridgehead atoms. The molecule has 1 aliphatic heterocycles. The van der Waals surface area contributed by atoms with Gasteiger partial charge in [0.25, 0.3) is 0 Å². The van der Waals surface area contributed by atoms with E-state index in [1.165, 1.54) is 22.9 Å². The third-order valence-corrected chi connectivity index (χ3v) is 10.1.